The zero-order valence-electron chi connectivity index (χ0n) is 12.6. The van der Waals surface area contributed by atoms with Gasteiger partial charge in [-0.2, -0.15) is 17.4 Å². The molecule has 0 radical (unpaired) electrons. The lowest BCUT2D eigenvalue weighted by Gasteiger charge is -2.22. The van der Waals surface area contributed by atoms with Gasteiger partial charge in [-0.1, -0.05) is 18.2 Å². The zero-order valence-corrected chi connectivity index (χ0v) is 13.5. The molecule has 4 nitrogen and oxygen atoms in total. The van der Waals surface area contributed by atoms with Crippen molar-refractivity contribution in [2.24, 2.45) is 0 Å². The molecular formula is C16H24N2O2S. The molecule has 0 amide bonds. The molecule has 1 N–H and O–H groups in total. The van der Waals surface area contributed by atoms with Gasteiger partial charge in [-0.05, 0) is 62.1 Å². The van der Waals surface area contributed by atoms with Crippen molar-refractivity contribution < 1.29 is 8.42 Å². The summed E-state index contributed by atoms with van der Waals surface area (Å²) in [6, 6.07) is 6.25. The summed E-state index contributed by atoms with van der Waals surface area (Å²) in [5.74, 6) is 0. The minimum atomic E-state index is -3.35. The van der Waals surface area contributed by atoms with Crippen molar-refractivity contribution in [1.29, 1.82) is 0 Å². The maximum Gasteiger partial charge on any atom is 0.279 e. The molecule has 1 fully saturated rings. The van der Waals surface area contributed by atoms with Gasteiger partial charge in [-0.25, -0.2) is 0 Å². The average molecular weight is 308 g/mol. The van der Waals surface area contributed by atoms with E-state index in [1.807, 2.05) is 6.92 Å². The molecule has 21 heavy (non-hydrogen) atoms. The van der Waals surface area contributed by atoms with E-state index >= 15 is 0 Å². The third-order valence-electron chi connectivity index (χ3n) is 4.60. The lowest BCUT2D eigenvalue weighted by atomic mass is 9.89. The van der Waals surface area contributed by atoms with Gasteiger partial charge in [0, 0.05) is 19.1 Å². The maximum absolute atomic E-state index is 12.3. The van der Waals surface area contributed by atoms with Crippen molar-refractivity contribution in [2.75, 3.05) is 13.1 Å². The van der Waals surface area contributed by atoms with E-state index in [0.29, 0.717) is 13.1 Å². The Labute approximate surface area is 127 Å². The van der Waals surface area contributed by atoms with Crippen LogP contribution in [0.4, 0.5) is 0 Å². The summed E-state index contributed by atoms with van der Waals surface area (Å²) in [6.45, 7) is 3.22. The molecule has 1 aliphatic carbocycles. The van der Waals surface area contributed by atoms with Crippen LogP contribution in [0.1, 0.15) is 55.3 Å². The highest BCUT2D eigenvalue weighted by atomic mass is 32.2. The van der Waals surface area contributed by atoms with Crippen LogP contribution >= 0.6 is 0 Å². The number of hydrogen-bond donors (Lipinski definition) is 1. The predicted molar refractivity (Wildman–Crippen MR) is 84.4 cm³/mol. The van der Waals surface area contributed by atoms with Gasteiger partial charge >= 0.3 is 0 Å². The first-order valence-corrected chi connectivity index (χ1v) is 9.39. The summed E-state index contributed by atoms with van der Waals surface area (Å²) in [7, 11) is -3.35. The molecular weight excluding hydrogens is 284 g/mol. The number of hydrogen-bond acceptors (Lipinski definition) is 2. The van der Waals surface area contributed by atoms with Crippen molar-refractivity contribution in [1.82, 2.24) is 9.03 Å². The maximum atomic E-state index is 12.3. The molecule has 1 atom stereocenters. The van der Waals surface area contributed by atoms with Gasteiger partial charge in [-0.15, -0.1) is 0 Å². The normalized spacial score (nSPS) is 21.2. The first-order chi connectivity index (χ1) is 10.1. The Bertz CT molecular complexity index is 607. The molecule has 0 spiro atoms. The minimum absolute atomic E-state index is 0.178. The van der Waals surface area contributed by atoms with Gasteiger partial charge in [-0.3, -0.25) is 0 Å². The molecule has 116 valence electrons. The van der Waals surface area contributed by atoms with Gasteiger partial charge in [0.25, 0.3) is 10.2 Å². The largest absolute Gasteiger partial charge is 0.279 e. The highest BCUT2D eigenvalue weighted by Crippen LogP contribution is 2.25. The molecule has 0 bridgehead atoms. The second kappa shape index (κ2) is 6.07. The van der Waals surface area contributed by atoms with Crippen molar-refractivity contribution in [3.8, 4) is 0 Å². The second-order valence-corrected chi connectivity index (χ2v) is 7.89. The average Bonchev–Trinajstić information content (AvgIpc) is 3.01. The second-order valence-electron chi connectivity index (χ2n) is 6.19. The van der Waals surface area contributed by atoms with E-state index in [2.05, 4.69) is 22.9 Å². The van der Waals surface area contributed by atoms with E-state index in [1.165, 1.54) is 24.0 Å². The number of benzene rings is 1. The number of fused-ring (bicyclic) bond motifs is 1. The third-order valence-corrected chi connectivity index (χ3v) is 6.30. The Morgan fingerprint density at radius 1 is 1.05 bits per heavy atom. The van der Waals surface area contributed by atoms with E-state index in [1.54, 1.807) is 4.31 Å². The van der Waals surface area contributed by atoms with E-state index in [-0.39, 0.29) is 6.04 Å². The standard InChI is InChI=1S/C16H24N2O2S/c1-13(17-21(19,20)18-10-4-5-11-18)15-9-8-14-6-2-3-7-16(14)12-15/h8-9,12-13,17H,2-7,10-11H2,1H3/t13-/m0/s1. The fourth-order valence-corrected chi connectivity index (χ4v) is 4.79. The number of nitrogens with zero attached hydrogens (tertiary/aromatic N) is 1. The fraction of sp³-hybridized carbons (Fsp3) is 0.625. The monoisotopic (exact) mass is 308 g/mol. The Kier molecular flexibility index (Phi) is 4.33. The molecule has 1 aromatic rings. The predicted octanol–water partition coefficient (Wildman–Crippen LogP) is 2.56. The van der Waals surface area contributed by atoms with Crippen LogP contribution in [0.25, 0.3) is 0 Å². The summed E-state index contributed by atoms with van der Waals surface area (Å²) in [6.07, 6.45) is 6.72. The molecule has 0 unspecified atom stereocenters. The first kappa shape index (κ1) is 15.0. The van der Waals surface area contributed by atoms with Crippen LogP contribution in [0.3, 0.4) is 0 Å². The molecule has 0 saturated carbocycles. The molecule has 1 aliphatic heterocycles. The lowest BCUT2D eigenvalue weighted by Crippen LogP contribution is -2.40. The molecule has 2 aliphatic rings. The molecule has 5 heteroatoms. The van der Waals surface area contributed by atoms with Crippen LogP contribution in [0, 0.1) is 0 Å². The Balaban J connectivity index is 1.74. The van der Waals surface area contributed by atoms with Crippen LogP contribution in [-0.2, 0) is 23.1 Å². The van der Waals surface area contributed by atoms with Crippen LogP contribution in [-0.4, -0.2) is 25.8 Å². The van der Waals surface area contributed by atoms with E-state index in [9.17, 15) is 8.42 Å². The van der Waals surface area contributed by atoms with Gasteiger partial charge < -0.3 is 0 Å². The van der Waals surface area contributed by atoms with Crippen molar-refractivity contribution in [3.05, 3.63) is 34.9 Å². The van der Waals surface area contributed by atoms with Crippen molar-refractivity contribution in [3.63, 3.8) is 0 Å². The van der Waals surface area contributed by atoms with Crippen LogP contribution < -0.4 is 4.72 Å². The van der Waals surface area contributed by atoms with Crippen molar-refractivity contribution in [2.45, 2.75) is 51.5 Å². The summed E-state index contributed by atoms with van der Waals surface area (Å²) >= 11 is 0. The van der Waals surface area contributed by atoms with Crippen LogP contribution in [0.15, 0.2) is 18.2 Å². The van der Waals surface area contributed by atoms with E-state index in [0.717, 1.165) is 31.2 Å². The topological polar surface area (TPSA) is 49.4 Å². The van der Waals surface area contributed by atoms with E-state index in [4.69, 9.17) is 0 Å². The molecule has 3 rings (SSSR count). The summed E-state index contributed by atoms with van der Waals surface area (Å²) < 4.78 is 29.0. The van der Waals surface area contributed by atoms with Gasteiger partial charge in [0.05, 0.1) is 0 Å². The first-order valence-electron chi connectivity index (χ1n) is 7.95. The highest BCUT2D eigenvalue weighted by molar-refractivity contribution is 7.87. The number of nitrogens with one attached hydrogen (secondary N) is 1. The molecule has 1 aromatic carbocycles. The Morgan fingerprint density at radius 3 is 2.43 bits per heavy atom. The summed E-state index contributed by atoms with van der Waals surface area (Å²) in [4.78, 5) is 0. The molecule has 1 heterocycles. The van der Waals surface area contributed by atoms with Gasteiger partial charge in [0.1, 0.15) is 0 Å². The van der Waals surface area contributed by atoms with E-state index < -0.39 is 10.2 Å². The fourth-order valence-electron chi connectivity index (χ4n) is 3.32. The lowest BCUT2D eigenvalue weighted by molar-refractivity contribution is 0.457. The summed E-state index contributed by atoms with van der Waals surface area (Å²) in [5, 5.41) is 0. The molecule has 1 saturated heterocycles. The SMILES string of the molecule is C[C@H](NS(=O)(=O)N1CCCC1)c1ccc2c(c1)CCCC2. The smallest absolute Gasteiger partial charge is 0.195 e. The number of rotatable bonds is 4. The van der Waals surface area contributed by atoms with Gasteiger partial charge in [0.15, 0.2) is 0 Å². The third kappa shape index (κ3) is 3.30. The molecule has 0 aromatic heterocycles. The summed E-state index contributed by atoms with van der Waals surface area (Å²) in [5.41, 5.74) is 3.89. The quantitative estimate of drug-likeness (QED) is 0.929. The Hall–Kier alpha value is -0.910. The van der Waals surface area contributed by atoms with Crippen molar-refractivity contribution >= 4 is 10.2 Å². The Morgan fingerprint density at radius 2 is 1.71 bits per heavy atom. The van der Waals surface area contributed by atoms with Gasteiger partial charge in [0.2, 0.25) is 0 Å². The van der Waals surface area contributed by atoms with Crippen LogP contribution in [0.5, 0.6) is 0 Å². The minimum Gasteiger partial charge on any atom is -0.195 e. The number of aryl methyl sites for hydroxylation is 2. The highest BCUT2D eigenvalue weighted by Gasteiger charge is 2.27. The zero-order chi connectivity index (χ0) is 14.9. The van der Waals surface area contributed by atoms with Crippen LogP contribution in [0.2, 0.25) is 0 Å².